The van der Waals surface area contributed by atoms with E-state index in [1.165, 1.54) is 4.90 Å². The lowest BCUT2D eigenvalue weighted by Crippen LogP contribution is -2.58. The van der Waals surface area contributed by atoms with Crippen LogP contribution >= 0.6 is 38.5 Å². The number of pyridine rings is 1. The fourth-order valence-corrected chi connectivity index (χ4v) is 7.04. The number of ether oxygens (including phenoxy) is 3. The van der Waals surface area contributed by atoms with Crippen molar-refractivity contribution in [3.05, 3.63) is 19.9 Å². The van der Waals surface area contributed by atoms with Crippen LogP contribution < -0.4 is 15.4 Å². The number of halogens is 3. The molecule has 2 N–H and O–H groups in total. The molecule has 2 amide bonds. The first kappa shape index (κ1) is 32.3. The second kappa shape index (κ2) is 11.7. The number of hydrogen-bond acceptors (Lipinski definition) is 8. The summed E-state index contributed by atoms with van der Waals surface area (Å²) in [6.07, 6.45) is 1.64. The van der Waals surface area contributed by atoms with Gasteiger partial charge in [-0.05, 0) is 119 Å². The van der Waals surface area contributed by atoms with Crippen molar-refractivity contribution in [2.45, 2.75) is 90.1 Å². The fourth-order valence-electron chi connectivity index (χ4n) is 6.19. The molecule has 4 heterocycles. The van der Waals surface area contributed by atoms with E-state index >= 15 is 4.39 Å². The highest BCUT2D eigenvalue weighted by Crippen LogP contribution is 2.50. The van der Waals surface area contributed by atoms with Gasteiger partial charge in [0.1, 0.15) is 29.0 Å². The molecule has 3 unspecified atom stereocenters. The number of likely N-dealkylation sites (N-methyl/N-ethyl adjacent to an activating group) is 1. The molecule has 4 atom stereocenters. The number of nitrogens with zero attached hydrogens (tertiary/aromatic N) is 4. The van der Waals surface area contributed by atoms with Crippen molar-refractivity contribution in [2.24, 2.45) is 5.92 Å². The van der Waals surface area contributed by atoms with Crippen molar-refractivity contribution >= 4 is 73.0 Å². The number of benzene rings is 1. The Labute approximate surface area is 274 Å². The lowest BCUT2D eigenvalue weighted by atomic mass is 9.78. The van der Waals surface area contributed by atoms with Gasteiger partial charge in [0.25, 0.3) is 0 Å². The molecule has 3 aliphatic heterocycles. The Morgan fingerprint density at radius 2 is 1.88 bits per heavy atom. The van der Waals surface area contributed by atoms with Crippen LogP contribution in [0.1, 0.15) is 60.8 Å². The summed E-state index contributed by atoms with van der Waals surface area (Å²) >= 11 is 5.37. The van der Waals surface area contributed by atoms with Gasteiger partial charge in [0.05, 0.1) is 22.2 Å². The quantitative estimate of drug-likeness (QED) is 0.269. The summed E-state index contributed by atoms with van der Waals surface area (Å²) in [5.41, 5.74) is 5.74. The third kappa shape index (κ3) is 6.35. The zero-order valence-corrected chi connectivity index (χ0v) is 29.4. The normalized spacial score (nSPS) is 23.8. The van der Waals surface area contributed by atoms with Crippen LogP contribution in [0.25, 0.3) is 10.9 Å². The first-order valence-electron chi connectivity index (χ1n) is 14.6. The maximum Gasteiger partial charge on any atom is 0.415 e. The lowest BCUT2D eigenvalue weighted by molar-refractivity contribution is 0.0217. The molecule has 2 bridgehead atoms. The summed E-state index contributed by atoms with van der Waals surface area (Å²) in [6, 6.07) is 1.12. The van der Waals surface area contributed by atoms with Gasteiger partial charge in [-0.25, -0.2) is 19.0 Å². The summed E-state index contributed by atoms with van der Waals surface area (Å²) < 4.78 is 34.5. The van der Waals surface area contributed by atoms with Gasteiger partial charge in [-0.1, -0.05) is 0 Å². The number of nitrogens with two attached hydrogens (primary N) is 1. The minimum Gasteiger partial charge on any atom is -0.474 e. The summed E-state index contributed by atoms with van der Waals surface area (Å²) in [7, 11) is 2.04. The first-order chi connectivity index (χ1) is 20.0. The zero-order valence-electron chi connectivity index (χ0n) is 25.7. The molecule has 4 fully saturated rings. The van der Waals surface area contributed by atoms with Gasteiger partial charge in [0.2, 0.25) is 5.88 Å². The van der Waals surface area contributed by atoms with Crippen LogP contribution in [0.15, 0.2) is 10.5 Å². The van der Waals surface area contributed by atoms with Gasteiger partial charge in [-0.2, -0.15) is 0 Å². The molecule has 236 valence electrons. The van der Waals surface area contributed by atoms with Crippen molar-refractivity contribution in [1.82, 2.24) is 14.8 Å². The van der Waals surface area contributed by atoms with Crippen LogP contribution in [-0.2, 0) is 9.47 Å². The maximum absolute atomic E-state index is 15.9. The van der Waals surface area contributed by atoms with Crippen molar-refractivity contribution < 1.29 is 28.2 Å². The minimum atomic E-state index is -0.824. The van der Waals surface area contributed by atoms with Gasteiger partial charge in [0, 0.05) is 27.5 Å². The van der Waals surface area contributed by atoms with Gasteiger partial charge >= 0.3 is 12.2 Å². The fraction of sp³-hybridized carbons (Fsp3) is 0.633. The van der Waals surface area contributed by atoms with E-state index in [4.69, 9.17) is 19.9 Å². The van der Waals surface area contributed by atoms with Crippen molar-refractivity contribution in [2.75, 3.05) is 37.4 Å². The van der Waals surface area contributed by atoms with Crippen molar-refractivity contribution in [3.63, 3.8) is 0 Å². The molecular weight excluding hydrogens is 736 g/mol. The van der Waals surface area contributed by atoms with Crippen LogP contribution in [0, 0.1) is 15.3 Å². The van der Waals surface area contributed by atoms with E-state index in [2.05, 4.69) is 25.8 Å². The molecule has 0 spiro atoms. The molecule has 2 aromatic rings. The Hall–Kier alpha value is -2.13. The number of carbonyl (C=O) groups is 2. The van der Waals surface area contributed by atoms with Crippen LogP contribution in [0.5, 0.6) is 5.88 Å². The van der Waals surface area contributed by atoms with Crippen LogP contribution in [0.3, 0.4) is 0 Å². The number of aromatic nitrogens is 1. The number of amides is 2. The summed E-state index contributed by atoms with van der Waals surface area (Å²) in [4.78, 5) is 37.2. The third-order valence-corrected chi connectivity index (χ3v) is 10.6. The van der Waals surface area contributed by atoms with E-state index in [0.29, 0.717) is 28.5 Å². The molecule has 6 rings (SSSR count). The molecule has 1 saturated carbocycles. The number of likely N-dealkylation sites (tertiary alicyclic amines) is 1. The predicted molar refractivity (Wildman–Crippen MR) is 175 cm³/mol. The lowest BCUT2D eigenvalue weighted by Gasteiger charge is -2.44. The first-order valence-corrected chi connectivity index (χ1v) is 16.5. The Bertz CT molecular complexity index is 1450. The highest BCUT2D eigenvalue weighted by Gasteiger charge is 2.59. The van der Waals surface area contributed by atoms with E-state index in [1.807, 2.05) is 50.4 Å². The average Bonchev–Trinajstić information content (AvgIpc) is 3.59. The standard InChI is InChI=1S/C30H40BrFIN5O5/c1-29(2,3)42-27(39)37-13-15-11-19(37)24(15)38(28(40)43-30(4,5)6)25-17-12-18(33)20(31)21(32)23(17)35-26(22(25)34)41-14-16-9-8-10-36(16)7/h12,15-16,19,24H,8-11,13-14,34H2,1-7H3/t15?,16-,19?,24?/m0/s1. The molecule has 1 aromatic carbocycles. The number of carbonyl (C=O) groups excluding carboxylic acids is 2. The SMILES string of the molecule is CN1CCC[C@H]1COc1nc2c(F)c(Br)c(I)cc2c(N(C(=O)OC(C)(C)C)C2C3CC2N(C(=O)OC(C)(C)C)C3)c1N. The van der Waals surface area contributed by atoms with Gasteiger partial charge in [-0.3, -0.25) is 4.90 Å². The van der Waals surface area contributed by atoms with E-state index in [1.54, 1.807) is 31.7 Å². The van der Waals surface area contributed by atoms with Gasteiger partial charge < -0.3 is 29.7 Å². The summed E-state index contributed by atoms with van der Waals surface area (Å²) in [6.45, 7) is 12.5. The smallest absolute Gasteiger partial charge is 0.415 e. The zero-order chi connectivity index (χ0) is 31.6. The van der Waals surface area contributed by atoms with E-state index in [9.17, 15) is 9.59 Å². The van der Waals surface area contributed by atoms with Crippen molar-refractivity contribution in [3.8, 4) is 5.88 Å². The number of rotatable bonds is 5. The predicted octanol–water partition coefficient (Wildman–Crippen LogP) is 6.55. The van der Waals surface area contributed by atoms with E-state index in [-0.39, 0.29) is 45.2 Å². The molecule has 0 radical (unpaired) electrons. The topological polar surface area (TPSA) is 110 Å². The molecule has 3 saturated heterocycles. The second-order valence-electron chi connectivity index (χ2n) is 13.7. The molecule has 10 nitrogen and oxygen atoms in total. The largest absolute Gasteiger partial charge is 0.474 e. The number of nitrogen functional groups attached to an aromatic ring is 1. The van der Waals surface area contributed by atoms with E-state index < -0.39 is 35.2 Å². The van der Waals surface area contributed by atoms with Crippen molar-refractivity contribution in [1.29, 1.82) is 0 Å². The number of fused-ring (bicyclic) bond motifs is 2. The van der Waals surface area contributed by atoms with E-state index in [0.717, 1.165) is 19.4 Å². The van der Waals surface area contributed by atoms with Crippen LogP contribution in [0.4, 0.5) is 25.4 Å². The monoisotopic (exact) mass is 775 g/mol. The number of hydrogen-bond donors (Lipinski definition) is 1. The maximum atomic E-state index is 15.9. The van der Waals surface area contributed by atoms with Crippen LogP contribution in [-0.4, -0.2) is 83.0 Å². The molecule has 13 heteroatoms. The Morgan fingerprint density at radius 3 is 2.49 bits per heavy atom. The molecular formula is C30H40BrFIN5O5. The molecule has 1 aromatic heterocycles. The average molecular weight is 776 g/mol. The Morgan fingerprint density at radius 1 is 1.21 bits per heavy atom. The Kier molecular flexibility index (Phi) is 8.75. The minimum absolute atomic E-state index is 0.0236. The molecule has 4 aliphatic rings. The highest BCUT2D eigenvalue weighted by atomic mass is 127. The number of anilines is 2. The summed E-state index contributed by atoms with van der Waals surface area (Å²) in [5, 5.41) is 0.355. The third-order valence-electron chi connectivity index (χ3n) is 8.18. The van der Waals surface area contributed by atoms with Gasteiger partial charge in [0.15, 0.2) is 5.82 Å². The Balaban J connectivity index is 1.64. The van der Waals surface area contributed by atoms with Crippen LogP contribution in [0.2, 0.25) is 0 Å². The molecule has 1 aliphatic carbocycles. The summed E-state index contributed by atoms with van der Waals surface area (Å²) in [5.74, 6) is -0.579. The molecule has 43 heavy (non-hydrogen) atoms. The van der Waals surface area contributed by atoms with Gasteiger partial charge in [-0.15, -0.1) is 0 Å². The highest BCUT2D eigenvalue weighted by molar-refractivity contribution is 14.1. The second-order valence-corrected chi connectivity index (χ2v) is 15.6.